The summed E-state index contributed by atoms with van der Waals surface area (Å²) in [5.41, 5.74) is 0. The van der Waals surface area contributed by atoms with Crippen molar-refractivity contribution >= 4 is 65.0 Å². The smallest absolute Gasteiger partial charge is 0.323 e. The Kier molecular flexibility index (Phi) is 9.91. The molecule has 3 N–H and O–H groups in total. The summed E-state index contributed by atoms with van der Waals surface area (Å²) in [7, 11) is -4.13. The second-order valence-corrected chi connectivity index (χ2v) is 14.0. The number of hydrogen-bond acceptors (Lipinski definition) is 7. The number of aliphatic hydroxyl groups is 1. The minimum absolute atomic E-state index is 0.0922. The van der Waals surface area contributed by atoms with Gasteiger partial charge in [0.15, 0.2) is 6.20 Å². The Labute approximate surface area is 231 Å². The van der Waals surface area contributed by atoms with Gasteiger partial charge in [0.25, 0.3) is 5.91 Å². The molecule has 3 atom stereocenters. The number of nitrogens with one attached hydrogen (secondary N) is 2. The maximum absolute atomic E-state index is 13.2. The lowest BCUT2D eigenvalue weighted by Gasteiger charge is -2.27. The average molecular weight is 668 g/mol. The number of aliphatic hydroxyl groups excluding tert-OH is 1. The number of halogens is 2. The van der Waals surface area contributed by atoms with E-state index in [1.807, 2.05) is 13.8 Å². The summed E-state index contributed by atoms with van der Waals surface area (Å²) >= 11 is 7.94. The number of rotatable bonds is 8. The molecular formula is C22H28Br2N4O6S2. The lowest BCUT2D eigenvalue weighted by molar-refractivity contribution is -0.646. The molecule has 36 heavy (non-hydrogen) atoms. The van der Waals surface area contributed by atoms with Gasteiger partial charge >= 0.3 is 15.0 Å². The summed E-state index contributed by atoms with van der Waals surface area (Å²) < 4.78 is 28.8. The van der Waals surface area contributed by atoms with Crippen LogP contribution in [-0.2, 0) is 14.8 Å². The van der Waals surface area contributed by atoms with Crippen LogP contribution in [0, 0.1) is 11.1 Å². The summed E-state index contributed by atoms with van der Waals surface area (Å²) in [6, 6.07) is 4.20. The zero-order valence-corrected chi connectivity index (χ0v) is 24.5. The van der Waals surface area contributed by atoms with Crippen LogP contribution in [-0.4, -0.2) is 60.9 Å². The third-order valence-electron chi connectivity index (χ3n) is 5.70. The predicted octanol–water partition coefficient (Wildman–Crippen LogP) is 2.38. The van der Waals surface area contributed by atoms with Crippen LogP contribution < -0.4 is 15.4 Å². The Hall–Kier alpha value is -1.58. The van der Waals surface area contributed by atoms with Gasteiger partial charge in [0, 0.05) is 29.7 Å². The van der Waals surface area contributed by atoms with Crippen LogP contribution in [0.25, 0.3) is 0 Å². The van der Waals surface area contributed by atoms with Gasteiger partial charge in [-0.2, -0.15) is 9.04 Å². The van der Waals surface area contributed by atoms with Crippen LogP contribution in [0.5, 0.6) is 0 Å². The van der Waals surface area contributed by atoms with Gasteiger partial charge in [0.1, 0.15) is 6.04 Å². The van der Waals surface area contributed by atoms with Gasteiger partial charge < -0.3 is 20.9 Å². The highest BCUT2D eigenvalue weighted by Gasteiger charge is 2.37. The molecule has 0 spiro atoms. The SMILES string of the molecule is CC(C)CC(NC(=O)c1cc(Br)c(Br)s1)C(=O)NC1CCCN(S(=O)(=O)c2cccc[n+]2[O-])C[C@@H]1O. The second-order valence-electron chi connectivity index (χ2n) is 8.94. The number of carbonyl (C=O) groups excluding carboxylic acids is 2. The minimum Gasteiger partial charge on any atom is -0.618 e. The van der Waals surface area contributed by atoms with Crippen LogP contribution in [0.3, 0.4) is 0 Å². The van der Waals surface area contributed by atoms with E-state index in [0.29, 0.717) is 24.1 Å². The summed E-state index contributed by atoms with van der Waals surface area (Å²) in [6.07, 6.45) is 0.978. The van der Waals surface area contributed by atoms with E-state index in [-0.39, 0.29) is 29.6 Å². The molecule has 1 aliphatic heterocycles. The monoisotopic (exact) mass is 666 g/mol. The highest BCUT2D eigenvalue weighted by molar-refractivity contribution is 9.13. The van der Waals surface area contributed by atoms with Crippen LogP contribution in [0.1, 0.15) is 42.8 Å². The van der Waals surface area contributed by atoms with Crippen molar-refractivity contribution in [2.45, 2.75) is 56.3 Å². The van der Waals surface area contributed by atoms with Crippen LogP contribution >= 0.6 is 43.2 Å². The highest BCUT2D eigenvalue weighted by Crippen LogP contribution is 2.32. The van der Waals surface area contributed by atoms with Gasteiger partial charge in [-0.05, 0) is 69.2 Å². The molecule has 3 heterocycles. The van der Waals surface area contributed by atoms with Crippen LogP contribution in [0.4, 0.5) is 0 Å². The average Bonchev–Trinajstić information content (AvgIpc) is 3.03. The van der Waals surface area contributed by atoms with Gasteiger partial charge in [0.05, 0.1) is 20.8 Å². The van der Waals surface area contributed by atoms with Crippen molar-refractivity contribution < 1.29 is 27.8 Å². The quantitative estimate of drug-likeness (QED) is 0.292. The van der Waals surface area contributed by atoms with E-state index in [0.717, 1.165) is 18.8 Å². The fourth-order valence-electron chi connectivity index (χ4n) is 3.91. The zero-order valence-electron chi connectivity index (χ0n) is 19.7. The predicted molar refractivity (Wildman–Crippen MR) is 142 cm³/mol. The standard InChI is InChI=1S/C22H28Br2N4O6S2/c1-13(2)10-16(26-22(31)18-11-14(23)20(24)35-18)21(30)25-15-6-5-8-27(12-17(15)29)36(33,34)19-7-3-4-9-28(19)32/h3-4,7,9,11,13,15-17,29H,5-6,8,10,12H2,1-2H3,(H,25,30)(H,26,31)/t15?,16?,17-/m0/s1. The fourth-order valence-corrected chi connectivity index (χ4v) is 7.37. The van der Waals surface area contributed by atoms with Gasteiger partial charge in [-0.1, -0.05) is 13.8 Å². The maximum atomic E-state index is 13.2. The largest absolute Gasteiger partial charge is 0.618 e. The normalized spacial score (nSPS) is 20.1. The fraction of sp³-hybridized carbons (Fsp3) is 0.500. The number of aromatic nitrogens is 1. The number of β-amino-alcohol motifs (C(OH)–C–C–N with tert-alkyl or cyclic N) is 1. The van der Waals surface area contributed by atoms with E-state index in [2.05, 4.69) is 42.5 Å². The molecule has 0 radical (unpaired) electrons. The Morgan fingerprint density at radius 2 is 2.06 bits per heavy atom. The number of nitrogens with zero attached hydrogens (tertiary/aromatic N) is 2. The van der Waals surface area contributed by atoms with E-state index in [1.165, 1.54) is 29.5 Å². The molecule has 0 aromatic carbocycles. The molecule has 0 aliphatic carbocycles. The third-order valence-corrected chi connectivity index (χ3v) is 10.8. The first-order chi connectivity index (χ1) is 16.9. The number of pyridine rings is 1. The summed E-state index contributed by atoms with van der Waals surface area (Å²) in [5.74, 6) is -0.737. The van der Waals surface area contributed by atoms with E-state index in [9.17, 15) is 28.3 Å². The van der Waals surface area contributed by atoms with Crippen molar-refractivity contribution in [3.8, 4) is 0 Å². The molecule has 2 unspecified atom stereocenters. The maximum Gasteiger partial charge on any atom is 0.323 e. The number of sulfonamides is 1. The van der Waals surface area contributed by atoms with Crippen molar-refractivity contribution in [1.82, 2.24) is 14.9 Å². The zero-order chi connectivity index (χ0) is 26.6. The molecule has 1 fully saturated rings. The first-order valence-electron chi connectivity index (χ1n) is 11.3. The van der Waals surface area contributed by atoms with Crippen molar-refractivity contribution in [2.75, 3.05) is 13.1 Å². The van der Waals surface area contributed by atoms with E-state index >= 15 is 0 Å². The molecule has 14 heteroatoms. The molecule has 2 aromatic rings. The van der Waals surface area contributed by atoms with E-state index in [4.69, 9.17) is 0 Å². The summed E-state index contributed by atoms with van der Waals surface area (Å²) in [4.78, 5) is 26.4. The highest BCUT2D eigenvalue weighted by atomic mass is 79.9. The molecule has 2 amide bonds. The molecule has 0 bridgehead atoms. The van der Waals surface area contributed by atoms with Gasteiger partial charge in [-0.15, -0.1) is 11.3 Å². The van der Waals surface area contributed by atoms with Crippen LogP contribution in [0.15, 0.2) is 43.7 Å². The van der Waals surface area contributed by atoms with Gasteiger partial charge in [-0.25, -0.2) is 8.42 Å². The molecule has 10 nitrogen and oxygen atoms in total. The van der Waals surface area contributed by atoms with Crippen molar-refractivity contribution in [3.05, 3.63) is 48.8 Å². The molecule has 198 valence electrons. The van der Waals surface area contributed by atoms with E-state index in [1.54, 1.807) is 6.07 Å². The molecule has 1 aliphatic rings. The van der Waals surface area contributed by atoms with Crippen molar-refractivity contribution in [2.24, 2.45) is 5.92 Å². The van der Waals surface area contributed by atoms with Crippen LogP contribution in [0.2, 0.25) is 0 Å². The minimum atomic E-state index is -4.13. The van der Waals surface area contributed by atoms with Crippen molar-refractivity contribution in [3.63, 3.8) is 0 Å². The lowest BCUT2D eigenvalue weighted by atomic mass is 10.0. The Bertz CT molecular complexity index is 1190. The van der Waals surface area contributed by atoms with Crippen molar-refractivity contribution in [1.29, 1.82) is 0 Å². The molecule has 1 saturated heterocycles. The number of carbonyl (C=O) groups is 2. The lowest BCUT2D eigenvalue weighted by Crippen LogP contribution is -2.54. The van der Waals surface area contributed by atoms with Gasteiger partial charge in [-0.3, -0.25) is 9.59 Å². The van der Waals surface area contributed by atoms with Gasteiger partial charge in [0.2, 0.25) is 5.91 Å². The number of thiophene rings is 1. The number of amides is 2. The first-order valence-corrected chi connectivity index (χ1v) is 15.2. The molecule has 2 aromatic heterocycles. The second kappa shape index (κ2) is 12.3. The summed E-state index contributed by atoms with van der Waals surface area (Å²) in [5, 5.41) is 28.0. The third kappa shape index (κ3) is 7.04. The Balaban J connectivity index is 1.70. The molecule has 0 saturated carbocycles. The topological polar surface area (TPSA) is 143 Å². The Morgan fingerprint density at radius 1 is 1.33 bits per heavy atom. The molecule has 3 rings (SSSR count). The Morgan fingerprint density at radius 3 is 2.67 bits per heavy atom. The molecular weight excluding hydrogens is 640 g/mol. The number of hydrogen-bond donors (Lipinski definition) is 3. The van der Waals surface area contributed by atoms with E-state index < -0.39 is 39.1 Å². The summed E-state index contributed by atoms with van der Waals surface area (Å²) in [6.45, 7) is 3.68. The first kappa shape index (κ1) is 29.0.